The molecule has 4 nitrogen and oxygen atoms in total. The molecule has 0 fully saturated rings. The van der Waals surface area contributed by atoms with E-state index in [9.17, 15) is 9.90 Å². The first kappa shape index (κ1) is 53.9. The second-order valence-electron chi connectivity index (χ2n) is 16.9. The van der Waals surface area contributed by atoms with Gasteiger partial charge in [0.25, 0.3) is 0 Å². The summed E-state index contributed by atoms with van der Waals surface area (Å²) in [5.41, 5.74) is 0. The fraction of sp³-hybridized carbons (Fsp3) is 0.902. The van der Waals surface area contributed by atoms with Crippen LogP contribution >= 0.6 is 0 Å². The number of hydrogen-bond acceptors (Lipinski definition) is 4. The fourth-order valence-electron chi connectivity index (χ4n) is 7.54. The molecule has 0 aliphatic carbocycles. The number of allylic oxidation sites excluding steroid dienone is 4. The molecule has 0 aromatic carbocycles. The lowest BCUT2D eigenvalue weighted by atomic mass is 10.0. The van der Waals surface area contributed by atoms with Gasteiger partial charge in [0, 0.05) is 13.0 Å². The van der Waals surface area contributed by atoms with Gasteiger partial charge in [-0.05, 0) is 44.9 Å². The van der Waals surface area contributed by atoms with E-state index in [1.807, 2.05) is 0 Å². The molecule has 0 aromatic heterocycles. The molecule has 0 bridgehead atoms. The minimum atomic E-state index is -0.534. The van der Waals surface area contributed by atoms with Crippen molar-refractivity contribution in [1.82, 2.24) is 0 Å². The zero-order chi connectivity index (χ0) is 39.8. The molecular formula is C51H98O4. The minimum Gasteiger partial charge on any atom is -0.457 e. The molecule has 0 saturated heterocycles. The number of aliphatic hydroxyl groups is 1. The standard InChI is InChI=1S/C51H98O4/c1-3-5-7-9-11-13-15-17-19-21-23-24-25-26-27-28-30-32-34-36-38-40-42-44-46-51(53)55-50(48-52)49-54-47-45-43-41-39-37-35-33-31-29-22-20-18-16-14-12-10-8-6-4-2/h14,16,20,22,50,52H,3-13,15,17-19,21,23-49H2,1-2H3/b16-14-,22-20-. The van der Waals surface area contributed by atoms with Gasteiger partial charge in [0.15, 0.2) is 0 Å². The van der Waals surface area contributed by atoms with Crippen LogP contribution in [0.25, 0.3) is 0 Å². The SMILES string of the molecule is CCCCCC/C=C\C/C=C\CCCCCCCCCCOCC(CO)OC(=O)CCCCCCCCCCCCCCCCCCCCCCCCCC. The largest absolute Gasteiger partial charge is 0.457 e. The first-order valence-electron chi connectivity index (χ1n) is 24.9. The summed E-state index contributed by atoms with van der Waals surface area (Å²) in [4.78, 5) is 12.3. The zero-order valence-corrected chi connectivity index (χ0v) is 37.5. The Kier molecular flexibility index (Phi) is 48.0. The fourth-order valence-corrected chi connectivity index (χ4v) is 7.54. The molecule has 0 aromatic rings. The Bertz CT molecular complexity index is 777. The van der Waals surface area contributed by atoms with Crippen molar-refractivity contribution in [3.05, 3.63) is 24.3 Å². The van der Waals surface area contributed by atoms with Crippen molar-refractivity contribution in [1.29, 1.82) is 0 Å². The number of aliphatic hydroxyl groups excluding tert-OH is 1. The highest BCUT2D eigenvalue weighted by atomic mass is 16.6. The molecule has 4 heteroatoms. The number of carbonyl (C=O) groups excluding carboxylic acids is 1. The molecule has 0 saturated carbocycles. The predicted octanol–water partition coefficient (Wildman–Crippen LogP) is 16.7. The van der Waals surface area contributed by atoms with Crippen LogP contribution in [0.2, 0.25) is 0 Å². The average Bonchev–Trinajstić information content (AvgIpc) is 3.19. The Morgan fingerprint density at radius 2 is 0.764 bits per heavy atom. The van der Waals surface area contributed by atoms with Gasteiger partial charge in [-0.3, -0.25) is 4.79 Å². The molecule has 1 N–H and O–H groups in total. The van der Waals surface area contributed by atoms with Crippen molar-refractivity contribution in [2.45, 2.75) is 277 Å². The third-order valence-electron chi connectivity index (χ3n) is 11.3. The van der Waals surface area contributed by atoms with Gasteiger partial charge in [-0.25, -0.2) is 0 Å². The Balaban J connectivity index is 3.37. The molecule has 1 atom stereocenters. The molecule has 0 aliphatic rings. The van der Waals surface area contributed by atoms with Gasteiger partial charge in [0.2, 0.25) is 0 Å². The molecule has 0 heterocycles. The first-order valence-corrected chi connectivity index (χ1v) is 24.9. The highest BCUT2D eigenvalue weighted by molar-refractivity contribution is 5.69. The highest BCUT2D eigenvalue weighted by Gasteiger charge is 2.13. The average molecular weight is 775 g/mol. The van der Waals surface area contributed by atoms with Gasteiger partial charge in [0.1, 0.15) is 6.10 Å². The molecule has 326 valence electrons. The van der Waals surface area contributed by atoms with E-state index >= 15 is 0 Å². The van der Waals surface area contributed by atoms with E-state index in [-0.39, 0.29) is 12.6 Å². The molecule has 1 unspecified atom stereocenters. The third kappa shape index (κ3) is 47.1. The van der Waals surface area contributed by atoms with E-state index in [0.29, 0.717) is 19.6 Å². The smallest absolute Gasteiger partial charge is 0.306 e. The summed E-state index contributed by atoms with van der Waals surface area (Å²) in [6, 6.07) is 0. The van der Waals surface area contributed by atoms with E-state index < -0.39 is 6.10 Å². The monoisotopic (exact) mass is 775 g/mol. The molecule has 0 spiro atoms. The summed E-state index contributed by atoms with van der Waals surface area (Å²) < 4.78 is 11.2. The lowest BCUT2D eigenvalue weighted by molar-refractivity contribution is -0.154. The van der Waals surface area contributed by atoms with Crippen LogP contribution in [-0.2, 0) is 14.3 Å². The van der Waals surface area contributed by atoms with E-state index in [4.69, 9.17) is 9.47 Å². The number of unbranched alkanes of at least 4 members (excludes halogenated alkanes) is 35. The molecular weight excluding hydrogens is 677 g/mol. The summed E-state index contributed by atoms with van der Waals surface area (Å²) in [7, 11) is 0. The Hall–Kier alpha value is -1.13. The van der Waals surface area contributed by atoms with E-state index in [1.54, 1.807) is 0 Å². The van der Waals surface area contributed by atoms with Gasteiger partial charge in [-0.2, -0.15) is 0 Å². The topological polar surface area (TPSA) is 55.8 Å². The molecule has 0 amide bonds. The summed E-state index contributed by atoms with van der Waals surface area (Å²) in [5, 5.41) is 9.64. The van der Waals surface area contributed by atoms with Crippen LogP contribution in [0.3, 0.4) is 0 Å². The summed E-state index contributed by atoms with van der Waals surface area (Å²) >= 11 is 0. The summed E-state index contributed by atoms with van der Waals surface area (Å²) in [6.07, 6.45) is 61.2. The second kappa shape index (κ2) is 49.0. The van der Waals surface area contributed by atoms with Gasteiger partial charge in [-0.15, -0.1) is 0 Å². The van der Waals surface area contributed by atoms with Crippen LogP contribution in [0, 0.1) is 0 Å². The Morgan fingerprint density at radius 1 is 0.436 bits per heavy atom. The van der Waals surface area contributed by atoms with Gasteiger partial charge < -0.3 is 14.6 Å². The first-order chi connectivity index (χ1) is 27.2. The van der Waals surface area contributed by atoms with Gasteiger partial charge in [0.05, 0.1) is 13.2 Å². The summed E-state index contributed by atoms with van der Waals surface area (Å²) in [6.45, 7) is 5.37. The molecule has 0 aliphatic heterocycles. The predicted molar refractivity (Wildman–Crippen MR) is 242 cm³/mol. The number of rotatable bonds is 47. The van der Waals surface area contributed by atoms with Crippen molar-refractivity contribution in [2.24, 2.45) is 0 Å². The van der Waals surface area contributed by atoms with Gasteiger partial charge in [-0.1, -0.05) is 244 Å². The normalized spacial score (nSPS) is 12.4. The van der Waals surface area contributed by atoms with E-state index in [2.05, 4.69) is 38.2 Å². The number of hydrogen-bond donors (Lipinski definition) is 1. The molecule has 55 heavy (non-hydrogen) atoms. The van der Waals surface area contributed by atoms with E-state index in [0.717, 1.165) is 25.7 Å². The van der Waals surface area contributed by atoms with Crippen LogP contribution in [0.1, 0.15) is 271 Å². The lowest BCUT2D eigenvalue weighted by Crippen LogP contribution is -2.27. The van der Waals surface area contributed by atoms with Crippen molar-refractivity contribution in [3.8, 4) is 0 Å². The summed E-state index contributed by atoms with van der Waals surface area (Å²) in [5.74, 6) is -0.196. The number of ether oxygens (including phenoxy) is 2. The van der Waals surface area contributed by atoms with Crippen LogP contribution < -0.4 is 0 Å². The van der Waals surface area contributed by atoms with Crippen LogP contribution in [-0.4, -0.2) is 37.0 Å². The van der Waals surface area contributed by atoms with Crippen molar-refractivity contribution in [2.75, 3.05) is 19.8 Å². The molecule has 0 radical (unpaired) electrons. The maximum absolute atomic E-state index is 12.3. The third-order valence-corrected chi connectivity index (χ3v) is 11.3. The lowest BCUT2D eigenvalue weighted by Gasteiger charge is -2.16. The van der Waals surface area contributed by atoms with E-state index in [1.165, 1.54) is 225 Å². The second-order valence-corrected chi connectivity index (χ2v) is 16.9. The van der Waals surface area contributed by atoms with Crippen LogP contribution in [0.5, 0.6) is 0 Å². The number of carbonyl (C=O) groups is 1. The van der Waals surface area contributed by atoms with Crippen molar-refractivity contribution in [3.63, 3.8) is 0 Å². The quantitative estimate of drug-likeness (QED) is 0.0380. The van der Waals surface area contributed by atoms with Crippen LogP contribution in [0.15, 0.2) is 24.3 Å². The minimum absolute atomic E-state index is 0.169. The Morgan fingerprint density at radius 3 is 1.15 bits per heavy atom. The highest BCUT2D eigenvalue weighted by Crippen LogP contribution is 2.16. The Labute approximate surface area is 345 Å². The van der Waals surface area contributed by atoms with Crippen molar-refractivity contribution < 1.29 is 19.4 Å². The molecule has 0 rings (SSSR count). The van der Waals surface area contributed by atoms with Gasteiger partial charge >= 0.3 is 5.97 Å². The van der Waals surface area contributed by atoms with Crippen LogP contribution in [0.4, 0.5) is 0 Å². The maximum atomic E-state index is 12.3. The zero-order valence-electron chi connectivity index (χ0n) is 37.5. The maximum Gasteiger partial charge on any atom is 0.306 e. The number of esters is 1. The van der Waals surface area contributed by atoms with Crippen molar-refractivity contribution >= 4 is 5.97 Å².